The largest absolute Gasteiger partial charge is 0.545 e. The Morgan fingerprint density at radius 2 is 1.81 bits per heavy atom. The molecule has 2 aromatic carbocycles. The average Bonchev–Trinajstić information content (AvgIpc) is 2.60. The van der Waals surface area contributed by atoms with Crippen molar-refractivity contribution < 1.29 is 23.1 Å². The number of ether oxygens (including phenoxy) is 1. The normalized spacial score (nSPS) is 11.3. The molecule has 3 rings (SSSR count). The third-order valence-electron chi connectivity index (χ3n) is 3.69. The van der Waals surface area contributed by atoms with Gasteiger partial charge in [0.05, 0.1) is 18.0 Å². The number of H-pyrrole nitrogens is 1. The Morgan fingerprint density at radius 3 is 2.42 bits per heavy atom. The minimum Gasteiger partial charge on any atom is -0.545 e. The van der Waals surface area contributed by atoms with E-state index < -0.39 is 21.6 Å². The Bertz CT molecular complexity index is 1150. The molecule has 0 unspecified atom stereocenters. The molecule has 3 aromatic rings. The highest BCUT2D eigenvalue weighted by Gasteiger charge is 2.16. The van der Waals surface area contributed by atoms with Crippen molar-refractivity contribution in [3.05, 3.63) is 64.4 Å². The molecule has 134 valence electrons. The van der Waals surface area contributed by atoms with Gasteiger partial charge in [-0.05, 0) is 42.5 Å². The summed E-state index contributed by atoms with van der Waals surface area (Å²) in [5, 5.41) is 11.3. The van der Waals surface area contributed by atoms with Crippen LogP contribution in [0.4, 0.5) is 5.69 Å². The summed E-state index contributed by atoms with van der Waals surface area (Å²) >= 11 is 0. The van der Waals surface area contributed by atoms with Crippen molar-refractivity contribution in [2.45, 2.75) is 4.90 Å². The van der Waals surface area contributed by atoms with Crippen LogP contribution in [0.25, 0.3) is 10.9 Å². The predicted octanol–water partition coefficient (Wildman–Crippen LogP) is 0.701. The Balaban J connectivity index is 2.05. The maximum Gasteiger partial charge on any atom is 0.261 e. The van der Waals surface area contributed by atoms with Gasteiger partial charge in [-0.25, -0.2) is 8.42 Å². The minimum absolute atomic E-state index is 0.0576. The number of fused-ring (bicyclic) bond motifs is 1. The standard InChI is InChI=1S/C17H14N2O6S/c1-25-11-4-2-10(3-5-11)19-26(23,24)12-6-7-15-13(8-12)14(17(21)22)9-16(20)18-15/h2-9,19H,1H3,(H,18,20)(H,21,22)/p-1. The fraction of sp³-hybridized carbons (Fsp3) is 0.0588. The fourth-order valence-electron chi connectivity index (χ4n) is 2.44. The third kappa shape index (κ3) is 3.38. The highest BCUT2D eigenvalue weighted by atomic mass is 32.2. The quantitative estimate of drug-likeness (QED) is 0.677. The molecule has 0 bridgehead atoms. The van der Waals surface area contributed by atoms with Crippen molar-refractivity contribution in [2.75, 3.05) is 11.8 Å². The second-order valence-corrected chi connectivity index (χ2v) is 7.06. The molecule has 1 heterocycles. The van der Waals surface area contributed by atoms with E-state index in [2.05, 4.69) is 9.71 Å². The monoisotopic (exact) mass is 373 g/mol. The molecule has 0 saturated heterocycles. The van der Waals surface area contributed by atoms with Gasteiger partial charge >= 0.3 is 0 Å². The highest BCUT2D eigenvalue weighted by Crippen LogP contribution is 2.23. The van der Waals surface area contributed by atoms with Gasteiger partial charge in [-0.15, -0.1) is 0 Å². The number of carbonyl (C=O) groups excluding carboxylic acids is 1. The summed E-state index contributed by atoms with van der Waals surface area (Å²) in [7, 11) is -2.48. The second kappa shape index (κ2) is 6.52. The number of carboxylic acid groups (broad SMARTS) is 1. The number of hydrogen-bond donors (Lipinski definition) is 2. The molecule has 2 N–H and O–H groups in total. The van der Waals surface area contributed by atoms with Crippen molar-refractivity contribution in [1.82, 2.24) is 4.98 Å². The molecule has 0 saturated carbocycles. The van der Waals surface area contributed by atoms with Crippen LogP contribution in [0.3, 0.4) is 0 Å². The Kier molecular flexibility index (Phi) is 4.39. The zero-order valence-corrected chi connectivity index (χ0v) is 14.3. The summed E-state index contributed by atoms with van der Waals surface area (Å²) in [6.45, 7) is 0. The maximum atomic E-state index is 12.6. The van der Waals surface area contributed by atoms with E-state index in [1.165, 1.54) is 37.4 Å². The van der Waals surface area contributed by atoms with Gasteiger partial charge in [-0.2, -0.15) is 0 Å². The van der Waals surface area contributed by atoms with Crippen LogP contribution in [0.5, 0.6) is 5.75 Å². The first kappa shape index (κ1) is 17.5. The number of carbonyl (C=O) groups is 1. The maximum absolute atomic E-state index is 12.6. The first-order valence-electron chi connectivity index (χ1n) is 7.35. The van der Waals surface area contributed by atoms with Crippen LogP contribution in [0.2, 0.25) is 0 Å². The molecule has 0 fully saturated rings. The average molecular weight is 373 g/mol. The Morgan fingerprint density at radius 1 is 1.12 bits per heavy atom. The van der Waals surface area contributed by atoms with Crippen molar-refractivity contribution in [2.24, 2.45) is 0 Å². The second-order valence-electron chi connectivity index (χ2n) is 5.38. The molecule has 0 aliphatic carbocycles. The number of rotatable bonds is 5. The first-order valence-corrected chi connectivity index (χ1v) is 8.84. The molecule has 0 spiro atoms. The smallest absolute Gasteiger partial charge is 0.261 e. The molecule has 0 atom stereocenters. The lowest BCUT2D eigenvalue weighted by atomic mass is 10.1. The molecule has 8 nitrogen and oxygen atoms in total. The topological polar surface area (TPSA) is 128 Å². The summed E-state index contributed by atoms with van der Waals surface area (Å²) < 4.78 is 32.5. The number of aromatic nitrogens is 1. The zero-order chi connectivity index (χ0) is 18.9. The lowest BCUT2D eigenvalue weighted by Gasteiger charge is -2.11. The first-order chi connectivity index (χ1) is 12.3. The molecular weight excluding hydrogens is 360 g/mol. The number of aromatic amines is 1. The lowest BCUT2D eigenvalue weighted by Crippen LogP contribution is -2.25. The molecule has 0 aliphatic heterocycles. The molecule has 1 aromatic heterocycles. The van der Waals surface area contributed by atoms with Crippen molar-refractivity contribution in [3.63, 3.8) is 0 Å². The number of hydrogen-bond acceptors (Lipinski definition) is 6. The highest BCUT2D eigenvalue weighted by molar-refractivity contribution is 7.92. The van der Waals surface area contributed by atoms with E-state index in [0.29, 0.717) is 11.4 Å². The van der Waals surface area contributed by atoms with Gasteiger partial charge in [0, 0.05) is 28.2 Å². The van der Waals surface area contributed by atoms with Gasteiger partial charge in [0.25, 0.3) is 10.0 Å². The van der Waals surface area contributed by atoms with E-state index in [4.69, 9.17) is 4.74 Å². The van der Waals surface area contributed by atoms with Crippen molar-refractivity contribution in [1.29, 1.82) is 0 Å². The number of anilines is 1. The predicted molar refractivity (Wildman–Crippen MR) is 92.7 cm³/mol. The van der Waals surface area contributed by atoms with Crippen LogP contribution in [0.1, 0.15) is 10.4 Å². The van der Waals surface area contributed by atoms with Crippen molar-refractivity contribution in [3.8, 4) is 5.75 Å². The van der Waals surface area contributed by atoms with Crippen LogP contribution < -0.4 is 20.1 Å². The molecule has 9 heteroatoms. The van der Waals surface area contributed by atoms with Gasteiger partial charge in [-0.1, -0.05) is 0 Å². The van der Waals surface area contributed by atoms with Gasteiger partial charge in [0.1, 0.15) is 5.75 Å². The number of methoxy groups -OCH3 is 1. The molecule has 0 radical (unpaired) electrons. The van der Waals surface area contributed by atoms with E-state index in [1.807, 2.05) is 0 Å². The Hall–Kier alpha value is -3.33. The molecule has 0 amide bonds. The summed E-state index contributed by atoms with van der Waals surface area (Å²) in [6.07, 6.45) is 0. The number of benzene rings is 2. The number of carboxylic acids is 1. The van der Waals surface area contributed by atoms with Crippen LogP contribution in [0, 0.1) is 0 Å². The van der Waals surface area contributed by atoms with Gasteiger partial charge in [-0.3, -0.25) is 9.52 Å². The lowest BCUT2D eigenvalue weighted by molar-refractivity contribution is -0.254. The number of sulfonamides is 1. The summed E-state index contributed by atoms with van der Waals surface area (Å²) in [4.78, 5) is 25.0. The minimum atomic E-state index is -3.97. The number of nitrogens with one attached hydrogen (secondary N) is 2. The van der Waals surface area contributed by atoms with E-state index in [-0.39, 0.29) is 21.4 Å². The van der Waals surface area contributed by atoms with Crippen LogP contribution in [-0.2, 0) is 10.0 Å². The van der Waals surface area contributed by atoms with Crippen molar-refractivity contribution >= 4 is 32.6 Å². The van der Waals surface area contributed by atoms with Gasteiger partial charge < -0.3 is 19.6 Å². The van der Waals surface area contributed by atoms with Crippen LogP contribution in [0.15, 0.2) is 58.2 Å². The van der Waals surface area contributed by atoms with Gasteiger partial charge in [0.2, 0.25) is 5.56 Å². The summed E-state index contributed by atoms with van der Waals surface area (Å²) in [5.74, 6) is -1.00. The SMILES string of the molecule is COc1ccc(NS(=O)(=O)c2ccc3[nH]c(=O)cc(C(=O)[O-])c3c2)cc1. The molecular formula is C17H13N2O6S-. The van der Waals surface area contributed by atoms with E-state index in [9.17, 15) is 23.1 Å². The van der Waals surface area contributed by atoms with E-state index in [0.717, 1.165) is 6.07 Å². The van der Waals surface area contributed by atoms with Crippen LogP contribution in [-0.4, -0.2) is 26.5 Å². The molecule has 26 heavy (non-hydrogen) atoms. The number of pyridine rings is 1. The summed E-state index contributed by atoms with van der Waals surface area (Å²) in [6, 6.07) is 10.9. The van der Waals surface area contributed by atoms with E-state index in [1.54, 1.807) is 12.1 Å². The fourth-order valence-corrected chi connectivity index (χ4v) is 3.53. The summed E-state index contributed by atoms with van der Waals surface area (Å²) in [5.41, 5.74) is -0.499. The Labute approximate surface area is 148 Å². The zero-order valence-electron chi connectivity index (χ0n) is 13.5. The van der Waals surface area contributed by atoms with E-state index >= 15 is 0 Å². The molecule has 0 aliphatic rings. The van der Waals surface area contributed by atoms with Gasteiger partial charge in [0.15, 0.2) is 0 Å². The third-order valence-corrected chi connectivity index (χ3v) is 5.07. The number of aromatic carboxylic acids is 1. The van der Waals surface area contributed by atoms with Crippen LogP contribution >= 0.6 is 0 Å².